The summed E-state index contributed by atoms with van der Waals surface area (Å²) in [7, 11) is 0. The Morgan fingerprint density at radius 3 is 2.30 bits per heavy atom. The fraction of sp³-hybridized carbons (Fsp3) is 0.150. The summed E-state index contributed by atoms with van der Waals surface area (Å²) in [6.07, 6.45) is 0. The van der Waals surface area contributed by atoms with Crippen LogP contribution in [0.15, 0.2) is 42.5 Å². The minimum atomic E-state index is -0.757. The third-order valence-electron chi connectivity index (χ3n) is 3.74. The molecule has 0 atom stereocenters. The fourth-order valence-electron chi connectivity index (χ4n) is 2.72. The van der Waals surface area contributed by atoms with Crippen LogP contribution in [-0.4, -0.2) is 15.9 Å². The van der Waals surface area contributed by atoms with Gasteiger partial charge in [-0.3, -0.25) is 4.79 Å². The zero-order valence-electron chi connectivity index (χ0n) is 15.1. The Bertz CT molecular complexity index is 1000. The second kappa shape index (κ2) is 7.49. The van der Waals surface area contributed by atoms with Gasteiger partial charge in [0.15, 0.2) is 0 Å². The number of halogens is 2. The minimum absolute atomic E-state index is 0.0511. The summed E-state index contributed by atoms with van der Waals surface area (Å²) >= 11 is 0. The Morgan fingerprint density at radius 2 is 1.63 bits per heavy atom. The van der Waals surface area contributed by atoms with Crippen LogP contribution in [0.4, 0.5) is 26.0 Å². The summed E-state index contributed by atoms with van der Waals surface area (Å²) in [6.45, 7) is 5.51. The van der Waals surface area contributed by atoms with E-state index >= 15 is 0 Å². The molecular weight excluding hydrogens is 350 g/mol. The monoisotopic (exact) mass is 368 g/mol. The van der Waals surface area contributed by atoms with Gasteiger partial charge >= 0.3 is 0 Å². The first-order valence-corrected chi connectivity index (χ1v) is 8.27. The maximum absolute atomic E-state index is 13.8. The molecule has 2 aromatic carbocycles. The molecule has 0 aliphatic carbocycles. The molecule has 1 amide bonds. The van der Waals surface area contributed by atoms with E-state index in [2.05, 4.69) is 20.6 Å². The Balaban J connectivity index is 1.84. The zero-order chi connectivity index (χ0) is 19.6. The number of aromatic nitrogens is 2. The van der Waals surface area contributed by atoms with Gasteiger partial charge < -0.3 is 10.6 Å². The van der Waals surface area contributed by atoms with Crippen LogP contribution in [0, 0.1) is 32.4 Å². The summed E-state index contributed by atoms with van der Waals surface area (Å²) in [5.74, 6) is -1.27. The Morgan fingerprint density at radius 1 is 0.926 bits per heavy atom. The molecule has 138 valence electrons. The highest BCUT2D eigenvalue weighted by atomic mass is 19.1. The summed E-state index contributed by atoms with van der Waals surface area (Å²) in [5, 5.41) is 5.54. The van der Waals surface area contributed by atoms with E-state index < -0.39 is 17.5 Å². The van der Waals surface area contributed by atoms with Crippen molar-refractivity contribution in [2.24, 2.45) is 0 Å². The summed E-state index contributed by atoms with van der Waals surface area (Å²) in [5.41, 5.74) is 2.89. The van der Waals surface area contributed by atoms with Crippen molar-refractivity contribution in [3.63, 3.8) is 0 Å². The number of hydrogen-bond acceptors (Lipinski definition) is 4. The van der Waals surface area contributed by atoms with Crippen LogP contribution in [0.2, 0.25) is 0 Å². The van der Waals surface area contributed by atoms with Crippen LogP contribution in [0.3, 0.4) is 0 Å². The number of carbonyl (C=O) groups excluding carboxylic acids is 1. The van der Waals surface area contributed by atoms with Crippen LogP contribution in [0.25, 0.3) is 0 Å². The molecule has 0 saturated heterocycles. The van der Waals surface area contributed by atoms with E-state index in [9.17, 15) is 13.6 Å². The number of aryl methyl sites for hydroxylation is 3. The first-order valence-electron chi connectivity index (χ1n) is 8.27. The number of anilines is 3. The van der Waals surface area contributed by atoms with Crippen molar-refractivity contribution in [1.82, 2.24) is 9.97 Å². The predicted octanol–water partition coefficient (Wildman–Crippen LogP) is 4.68. The van der Waals surface area contributed by atoms with Crippen molar-refractivity contribution in [3.8, 4) is 0 Å². The first-order chi connectivity index (χ1) is 12.8. The van der Waals surface area contributed by atoms with Gasteiger partial charge in [-0.15, -0.1) is 0 Å². The fourth-order valence-corrected chi connectivity index (χ4v) is 2.72. The number of nitrogens with zero attached hydrogens (tertiary/aromatic N) is 2. The molecule has 5 nitrogen and oxygen atoms in total. The first kappa shape index (κ1) is 18.4. The van der Waals surface area contributed by atoms with Crippen LogP contribution < -0.4 is 10.6 Å². The molecule has 2 N–H and O–H groups in total. The van der Waals surface area contributed by atoms with E-state index in [0.29, 0.717) is 11.5 Å². The van der Waals surface area contributed by atoms with Crippen molar-refractivity contribution in [2.45, 2.75) is 20.8 Å². The molecule has 0 bridgehead atoms. The molecule has 1 heterocycles. The van der Waals surface area contributed by atoms with E-state index in [-0.39, 0.29) is 17.2 Å². The van der Waals surface area contributed by atoms with Crippen molar-refractivity contribution in [1.29, 1.82) is 0 Å². The lowest BCUT2D eigenvalue weighted by molar-refractivity contribution is 0.102. The minimum Gasteiger partial charge on any atom is -0.338 e. The molecule has 27 heavy (non-hydrogen) atoms. The molecule has 0 aliphatic heterocycles. The number of rotatable bonds is 4. The number of amides is 1. The highest BCUT2D eigenvalue weighted by Gasteiger charge is 2.13. The molecule has 0 fully saturated rings. The molecule has 3 rings (SSSR count). The van der Waals surface area contributed by atoms with Gasteiger partial charge in [-0.1, -0.05) is 6.07 Å². The number of hydrogen-bond donors (Lipinski definition) is 2. The van der Waals surface area contributed by atoms with Crippen LogP contribution >= 0.6 is 0 Å². The number of carbonyl (C=O) groups is 1. The smallest absolute Gasteiger partial charge is 0.274 e. The van der Waals surface area contributed by atoms with Gasteiger partial charge in [0.2, 0.25) is 0 Å². The van der Waals surface area contributed by atoms with E-state index in [0.717, 1.165) is 23.3 Å². The topological polar surface area (TPSA) is 66.9 Å². The molecular formula is C20H18F2N4O. The van der Waals surface area contributed by atoms with Gasteiger partial charge in [-0.05, 0) is 56.2 Å². The van der Waals surface area contributed by atoms with Gasteiger partial charge in [0.25, 0.3) is 5.91 Å². The van der Waals surface area contributed by atoms with E-state index in [1.54, 1.807) is 6.92 Å². The van der Waals surface area contributed by atoms with Crippen LogP contribution in [0.1, 0.15) is 27.4 Å². The molecule has 0 aliphatic rings. The van der Waals surface area contributed by atoms with Crippen molar-refractivity contribution in [3.05, 3.63) is 76.7 Å². The lowest BCUT2D eigenvalue weighted by Gasteiger charge is -2.10. The summed E-state index contributed by atoms with van der Waals surface area (Å²) < 4.78 is 26.9. The predicted molar refractivity (Wildman–Crippen MR) is 100 cm³/mol. The summed E-state index contributed by atoms with van der Waals surface area (Å²) in [6, 6.07) is 10.3. The van der Waals surface area contributed by atoms with Crippen molar-refractivity contribution >= 4 is 23.1 Å². The average molecular weight is 368 g/mol. The molecule has 0 spiro atoms. The molecule has 1 aromatic heterocycles. The van der Waals surface area contributed by atoms with Crippen LogP contribution in [0.5, 0.6) is 0 Å². The van der Waals surface area contributed by atoms with E-state index in [4.69, 9.17) is 0 Å². The second-order valence-corrected chi connectivity index (χ2v) is 6.27. The van der Waals surface area contributed by atoms with Gasteiger partial charge in [-0.25, -0.2) is 18.7 Å². The normalized spacial score (nSPS) is 10.6. The highest BCUT2D eigenvalue weighted by Crippen LogP contribution is 2.21. The lowest BCUT2D eigenvalue weighted by Crippen LogP contribution is -2.15. The SMILES string of the molecule is Cc1cc(C)cc(NC(=O)c2cc(Nc3ccc(F)cc3F)nc(C)n2)c1. The molecule has 0 radical (unpaired) electrons. The van der Waals surface area contributed by atoms with Crippen molar-refractivity contribution < 1.29 is 13.6 Å². The standard InChI is InChI=1S/C20H18F2N4O/c1-11-6-12(2)8-15(7-11)25-20(27)18-10-19(24-13(3)23-18)26-17-5-4-14(21)9-16(17)22/h4-10H,1-3H3,(H,25,27)(H,23,24,26). The Labute approximate surface area is 155 Å². The van der Waals surface area contributed by atoms with Gasteiger partial charge in [0.05, 0.1) is 5.69 Å². The third kappa shape index (κ3) is 4.63. The quantitative estimate of drug-likeness (QED) is 0.702. The Hall–Kier alpha value is -3.35. The maximum atomic E-state index is 13.8. The molecule has 0 saturated carbocycles. The average Bonchev–Trinajstić information content (AvgIpc) is 2.56. The zero-order valence-corrected chi connectivity index (χ0v) is 15.1. The van der Waals surface area contributed by atoms with E-state index in [1.807, 2.05) is 32.0 Å². The van der Waals surface area contributed by atoms with E-state index in [1.165, 1.54) is 12.1 Å². The summed E-state index contributed by atoms with van der Waals surface area (Å²) in [4.78, 5) is 20.8. The van der Waals surface area contributed by atoms with Crippen molar-refractivity contribution in [2.75, 3.05) is 10.6 Å². The van der Waals surface area contributed by atoms with Crippen LogP contribution in [-0.2, 0) is 0 Å². The third-order valence-corrected chi connectivity index (χ3v) is 3.74. The van der Waals surface area contributed by atoms with Gasteiger partial charge in [-0.2, -0.15) is 0 Å². The van der Waals surface area contributed by atoms with Gasteiger partial charge in [0.1, 0.15) is 29.0 Å². The lowest BCUT2D eigenvalue weighted by atomic mass is 10.1. The van der Waals surface area contributed by atoms with Gasteiger partial charge in [0, 0.05) is 17.8 Å². The molecule has 3 aromatic rings. The molecule has 0 unspecified atom stereocenters. The molecule has 7 heteroatoms. The maximum Gasteiger partial charge on any atom is 0.274 e. The number of nitrogens with one attached hydrogen (secondary N) is 2. The largest absolute Gasteiger partial charge is 0.338 e. The highest BCUT2D eigenvalue weighted by molar-refractivity contribution is 6.03. The Kier molecular flexibility index (Phi) is 5.12. The number of benzene rings is 2. The second-order valence-electron chi connectivity index (χ2n) is 6.27.